The van der Waals surface area contributed by atoms with Gasteiger partial charge < -0.3 is 5.32 Å². The van der Waals surface area contributed by atoms with Gasteiger partial charge in [-0.05, 0) is 30.9 Å². The van der Waals surface area contributed by atoms with Crippen molar-refractivity contribution >= 4 is 23.4 Å². The molecule has 1 atom stereocenters. The smallest absolute Gasteiger partial charge is 0.129 e. The molecule has 0 aromatic carbocycles. The highest BCUT2D eigenvalue weighted by molar-refractivity contribution is 7.98. The Balaban J connectivity index is 2.47. The van der Waals surface area contributed by atoms with Crippen LogP contribution in [-0.4, -0.2) is 23.5 Å². The van der Waals surface area contributed by atoms with Crippen LogP contribution in [0.5, 0.6) is 0 Å². The van der Waals surface area contributed by atoms with E-state index >= 15 is 0 Å². The number of hydrogen-bond acceptors (Lipinski definition) is 3. The molecule has 1 rings (SSSR count). The summed E-state index contributed by atoms with van der Waals surface area (Å²) >= 11 is 7.65. The Labute approximate surface area is 94.5 Å². The van der Waals surface area contributed by atoms with Gasteiger partial charge in [0, 0.05) is 24.5 Å². The normalized spacial score (nSPS) is 12.8. The first-order chi connectivity index (χ1) is 6.74. The molecule has 0 amide bonds. The maximum atomic E-state index is 5.81. The van der Waals surface area contributed by atoms with E-state index in [-0.39, 0.29) is 0 Å². The maximum absolute atomic E-state index is 5.81. The van der Waals surface area contributed by atoms with Crippen molar-refractivity contribution in [1.82, 2.24) is 10.3 Å². The second kappa shape index (κ2) is 6.27. The molecule has 0 aliphatic heterocycles. The molecule has 1 aromatic rings. The summed E-state index contributed by atoms with van der Waals surface area (Å²) in [6, 6.07) is 4.23. The summed E-state index contributed by atoms with van der Waals surface area (Å²) in [5.41, 5.74) is 1.19. The minimum atomic E-state index is 0.336. The fourth-order valence-corrected chi connectivity index (χ4v) is 1.69. The topological polar surface area (TPSA) is 24.9 Å². The molecule has 1 heterocycles. The van der Waals surface area contributed by atoms with Crippen molar-refractivity contribution in [3.05, 3.63) is 29.0 Å². The highest BCUT2D eigenvalue weighted by Crippen LogP contribution is 2.14. The molecule has 1 N–H and O–H groups in total. The average Bonchev–Trinajstić information content (AvgIpc) is 2.18. The molecular weight excluding hydrogens is 216 g/mol. The molecule has 0 saturated carbocycles. The van der Waals surface area contributed by atoms with Gasteiger partial charge in [0.15, 0.2) is 0 Å². The van der Waals surface area contributed by atoms with E-state index in [0.29, 0.717) is 11.2 Å². The molecule has 0 radical (unpaired) electrons. The third-order valence-corrected chi connectivity index (χ3v) is 2.83. The lowest BCUT2D eigenvalue weighted by Gasteiger charge is -2.13. The molecule has 14 heavy (non-hydrogen) atoms. The monoisotopic (exact) mass is 230 g/mol. The Morgan fingerprint density at radius 3 is 3.07 bits per heavy atom. The standard InChI is InChI=1S/C10H15ClN2S/c1-8(12-5-6-14-2)9-3-4-13-10(11)7-9/h3-4,7-8,12H,5-6H2,1-2H3. The molecule has 0 spiro atoms. The summed E-state index contributed by atoms with van der Waals surface area (Å²) < 4.78 is 0. The van der Waals surface area contributed by atoms with Crippen molar-refractivity contribution in [2.24, 2.45) is 0 Å². The summed E-state index contributed by atoms with van der Waals surface area (Å²) in [6.07, 6.45) is 3.85. The second-order valence-corrected chi connectivity index (χ2v) is 4.45. The van der Waals surface area contributed by atoms with E-state index in [1.807, 2.05) is 23.9 Å². The van der Waals surface area contributed by atoms with Crippen molar-refractivity contribution in [3.63, 3.8) is 0 Å². The Morgan fingerprint density at radius 2 is 2.43 bits per heavy atom. The number of rotatable bonds is 5. The lowest BCUT2D eigenvalue weighted by Crippen LogP contribution is -2.21. The SMILES string of the molecule is CSCCNC(C)c1ccnc(Cl)c1. The molecular formula is C10H15ClN2S. The van der Waals surface area contributed by atoms with Gasteiger partial charge in [0.1, 0.15) is 5.15 Å². The summed E-state index contributed by atoms with van der Waals surface area (Å²) in [5.74, 6) is 1.13. The lowest BCUT2D eigenvalue weighted by molar-refractivity contribution is 0.601. The molecule has 78 valence electrons. The Morgan fingerprint density at radius 1 is 1.64 bits per heavy atom. The first kappa shape index (κ1) is 11.8. The summed E-state index contributed by atoms with van der Waals surface area (Å²) in [4.78, 5) is 3.95. The van der Waals surface area contributed by atoms with Crippen LogP contribution >= 0.6 is 23.4 Å². The van der Waals surface area contributed by atoms with Crippen molar-refractivity contribution in [1.29, 1.82) is 0 Å². The minimum Gasteiger partial charge on any atom is -0.309 e. The fourth-order valence-electron chi connectivity index (χ4n) is 1.18. The molecule has 4 heteroatoms. The van der Waals surface area contributed by atoms with Gasteiger partial charge in [-0.2, -0.15) is 11.8 Å². The second-order valence-electron chi connectivity index (χ2n) is 3.08. The van der Waals surface area contributed by atoms with E-state index in [2.05, 4.69) is 23.5 Å². The Hall–Kier alpha value is -0.250. The zero-order valence-electron chi connectivity index (χ0n) is 8.46. The molecule has 0 aliphatic carbocycles. The lowest BCUT2D eigenvalue weighted by atomic mass is 10.1. The third-order valence-electron chi connectivity index (χ3n) is 2.01. The van der Waals surface area contributed by atoms with E-state index in [1.165, 1.54) is 5.56 Å². The van der Waals surface area contributed by atoms with Crippen molar-refractivity contribution in [2.45, 2.75) is 13.0 Å². The molecule has 1 aromatic heterocycles. The first-order valence-corrected chi connectivity index (χ1v) is 6.35. The van der Waals surface area contributed by atoms with Crippen molar-refractivity contribution < 1.29 is 0 Å². The van der Waals surface area contributed by atoms with Crippen LogP contribution in [0.2, 0.25) is 5.15 Å². The van der Waals surface area contributed by atoms with Gasteiger partial charge in [-0.25, -0.2) is 4.98 Å². The number of thioether (sulfide) groups is 1. The van der Waals surface area contributed by atoms with E-state index in [0.717, 1.165) is 12.3 Å². The maximum Gasteiger partial charge on any atom is 0.129 e. The molecule has 0 aliphatic rings. The predicted molar refractivity (Wildman–Crippen MR) is 64.0 cm³/mol. The average molecular weight is 231 g/mol. The van der Waals surface area contributed by atoms with Crippen LogP contribution in [0.4, 0.5) is 0 Å². The van der Waals surface area contributed by atoms with Crippen LogP contribution in [0.3, 0.4) is 0 Å². The largest absolute Gasteiger partial charge is 0.309 e. The van der Waals surface area contributed by atoms with Gasteiger partial charge in [-0.3, -0.25) is 0 Å². The molecule has 1 unspecified atom stereocenters. The number of nitrogens with zero attached hydrogens (tertiary/aromatic N) is 1. The van der Waals surface area contributed by atoms with Gasteiger partial charge in [0.05, 0.1) is 0 Å². The van der Waals surface area contributed by atoms with Crippen LogP contribution in [0, 0.1) is 0 Å². The minimum absolute atomic E-state index is 0.336. The van der Waals surface area contributed by atoms with Crippen molar-refractivity contribution in [2.75, 3.05) is 18.6 Å². The number of aromatic nitrogens is 1. The zero-order valence-corrected chi connectivity index (χ0v) is 10.0. The van der Waals surface area contributed by atoms with Crippen LogP contribution in [0.15, 0.2) is 18.3 Å². The summed E-state index contributed by atoms with van der Waals surface area (Å²) in [6.45, 7) is 3.15. The first-order valence-electron chi connectivity index (χ1n) is 4.58. The number of nitrogens with one attached hydrogen (secondary N) is 1. The van der Waals surface area contributed by atoms with Gasteiger partial charge in [-0.15, -0.1) is 0 Å². The van der Waals surface area contributed by atoms with E-state index in [4.69, 9.17) is 11.6 Å². The fraction of sp³-hybridized carbons (Fsp3) is 0.500. The highest BCUT2D eigenvalue weighted by Gasteiger charge is 2.04. The third kappa shape index (κ3) is 3.86. The summed E-state index contributed by atoms with van der Waals surface area (Å²) in [7, 11) is 0. The number of halogens is 1. The predicted octanol–water partition coefficient (Wildman–Crippen LogP) is 2.75. The van der Waals surface area contributed by atoms with Crippen LogP contribution < -0.4 is 5.32 Å². The quantitative estimate of drug-likeness (QED) is 0.622. The van der Waals surface area contributed by atoms with Gasteiger partial charge >= 0.3 is 0 Å². The molecule has 0 bridgehead atoms. The van der Waals surface area contributed by atoms with Crippen LogP contribution in [0.1, 0.15) is 18.5 Å². The van der Waals surface area contributed by atoms with E-state index in [1.54, 1.807) is 6.20 Å². The van der Waals surface area contributed by atoms with Gasteiger partial charge in [-0.1, -0.05) is 11.6 Å². The highest BCUT2D eigenvalue weighted by atomic mass is 35.5. The number of pyridine rings is 1. The van der Waals surface area contributed by atoms with E-state index < -0.39 is 0 Å². The Kier molecular flexibility index (Phi) is 5.30. The van der Waals surface area contributed by atoms with Gasteiger partial charge in [0.2, 0.25) is 0 Å². The van der Waals surface area contributed by atoms with E-state index in [9.17, 15) is 0 Å². The van der Waals surface area contributed by atoms with Gasteiger partial charge in [0.25, 0.3) is 0 Å². The molecule has 2 nitrogen and oxygen atoms in total. The van der Waals surface area contributed by atoms with Crippen LogP contribution in [0.25, 0.3) is 0 Å². The van der Waals surface area contributed by atoms with Crippen molar-refractivity contribution in [3.8, 4) is 0 Å². The molecule has 0 saturated heterocycles. The Bertz CT molecular complexity index is 281. The molecule has 0 fully saturated rings. The summed E-state index contributed by atoms with van der Waals surface area (Å²) in [5, 5.41) is 3.98. The van der Waals surface area contributed by atoms with Crippen LogP contribution in [-0.2, 0) is 0 Å². The zero-order chi connectivity index (χ0) is 10.4. The number of hydrogen-bond donors (Lipinski definition) is 1.